The number of rotatable bonds is 5. The number of carbonyl (C=O) groups excluding carboxylic acids is 1. The third kappa shape index (κ3) is 2.43. The Bertz CT molecular complexity index is 598. The van der Waals surface area contributed by atoms with Gasteiger partial charge in [-0.1, -0.05) is 0 Å². The van der Waals surface area contributed by atoms with Crippen molar-refractivity contribution in [2.45, 2.75) is 18.2 Å². The van der Waals surface area contributed by atoms with Crippen molar-refractivity contribution >= 4 is 21.6 Å². The van der Waals surface area contributed by atoms with Gasteiger partial charge in [-0.2, -0.15) is 0 Å². The molecule has 1 aliphatic rings. The van der Waals surface area contributed by atoms with Gasteiger partial charge in [-0.15, -0.1) is 0 Å². The molecule has 0 radical (unpaired) electrons. The fourth-order valence-corrected chi connectivity index (χ4v) is 3.61. The number of amides is 1. The van der Waals surface area contributed by atoms with Crippen LogP contribution >= 0.6 is 0 Å². The summed E-state index contributed by atoms with van der Waals surface area (Å²) in [6.45, 7) is 2.97. The molecule has 0 unspecified atom stereocenters. The molecular weight excluding hydrogens is 268 g/mol. The van der Waals surface area contributed by atoms with Gasteiger partial charge in [-0.3, -0.25) is 4.79 Å². The van der Waals surface area contributed by atoms with Gasteiger partial charge in [0.15, 0.2) is 0 Å². The van der Waals surface area contributed by atoms with E-state index in [-0.39, 0.29) is 17.0 Å². The molecule has 1 heterocycles. The van der Waals surface area contributed by atoms with Crippen LogP contribution in [-0.4, -0.2) is 38.4 Å². The summed E-state index contributed by atoms with van der Waals surface area (Å²) in [6, 6.07) is 4.30. The van der Waals surface area contributed by atoms with Crippen LogP contribution in [0.2, 0.25) is 0 Å². The summed E-state index contributed by atoms with van der Waals surface area (Å²) in [6.07, 6.45) is 0.474. The number of carbonyl (C=O) groups is 1. The summed E-state index contributed by atoms with van der Waals surface area (Å²) in [4.78, 5) is 12.0. The minimum atomic E-state index is -3.76. The number of anilines is 1. The number of sulfonamides is 1. The summed E-state index contributed by atoms with van der Waals surface area (Å²) in [5.74, 6) is -0.494. The van der Waals surface area contributed by atoms with E-state index in [0.29, 0.717) is 25.3 Å². The van der Waals surface area contributed by atoms with Crippen molar-refractivity contribution in [2.24, 2.45) is 0 Å². The van der Waals surface area contributed by atoms with Gasteiger partial charge in [0.25, 0.3) is 15.9 Å². The molecule has 7 heteroatoms. The van der Waals surface area contributed by atoms with E-state index in [1.54, 1.807) is 0 Å². The molecule has 1 aromatic carbocycles. The van der Waals surface area contributed by atoms with Gasteiger partial charge in [0.1, 0.15) is 4.90 Å². The topological polar surface area (TPSA) is 89.7 Å². The molecule has 1 amide bonds. The smallest absolute Gasteiger partial charge is 0.269 e. The maximum absolute atomic E-state index is 12.2. The molecular formula is C12H16N2O4S. The Morgan fingerprint density at radius 3 is 2.79 bits per heavy atom. The first-order valence-corrected chi connectivity index (χ1v) is 7.47. The lowest BCUT2D eigenvalue weighted by Crippen LogP contribution is -2.31. The molecule has 1 aliphatic heterocycles. The maximum Gasteiger partial charge on any atom is 0.269 e. The van der Waals surface area contributed by atoms with Gasteiger partial charge in [-0.25, -0.2) is 12.7 Å². The molecule has 6 nitrogen and oxygen atoms in total. The lowest BCUT2D eigenvalue weighted by atomic mass is 10.2. The molecule has 19 heavy (non-hydrogen) atoms. The van der Waals surface area contributed by atoms with Crippen LogP contribution in [-0.2, 0) is 14.8 Å². The number of hydrogen-bond donors (Lipinski definition) is 1. The number of benzene rings is 1. The summed E-state index contributed by atoms with van der Waals surface area (Å²) in [5.41, 5.74) is 6.08. The predicted molar refractivity (Wildman–Crippen MR) is 70.2 cm³/mol. The summed E-state index contributed by atoms with van der Waals surface area (Å²) in [5, 5.41) is 0. The van der Waals surface area contributed by atoms with Gasteiger partial charge < -0.3 is 10.5 Å². The van der Waals surface area contributed by atoms with Crippen LogP contribution in [0.5, 0.6) is 0 Å². The van der Waals surface area contributed by atoms with E-state index in [1.165, 1.54) is 18.2 Å². The van der Waals surface area contributed by atoms with E-state index < -0.39 is 15.9 Å². The Balaban J connectivity index is 2.23. The molecule has 0 bridgehead atoms. The van der Waals surface area contributed by atoms with Crippen molar-refractivity contribution in [2.75, 3.05) is 25.5 Å². The molecule has 104 valence electrons. The van der Waals surface area contributed by atoms with Crippen molar-refractivity contribution < 1.29 is 17.9 Å². The normalized spacial score (nSPS) is 16.7. The van der Waals surface area contributed by atoms with Crippen LogP contribution < -0.4 is 5.73 Å². The SMILES string of the molecule is CCOCCCN1C(=O)c2ccc(N)cc2S1(=O)=O. The highest BCUT2D eigenvalue weighted by Gasteiger charge is 2.40. The largest absolute Gasteiger partial charge is 0.399 e. The molecule has 2 N–H and O–H groups in total. The summed E-state index contributed by atoms with van der Waals surface area (Å²) in [7, 11) is -3.76. The third-order valence-corrected chi connectivity index (χ3v) is 4.71. The fraction of sp³-hybridized carbons (Fsp3) is 0.417. The van der Waals surface area contributed by atoms with Crippen molar-refractivity contribution in [1.29, 1.82) is 0 Å². The molecule has 0 aromatic heterocycles. The van der Waals surface area contributed by atoms with Crippen molar-refractivity contribution in [3.05, 3.63) is 23.8 Å². The number of nitrogens with zero attached hydrogens (tertiary/aromatic N) is 1. The van der Waals surface area contributed by atoms with Crippen LogP contribution in [0.1, 0.15) is 23.7 Å². The second kappa shape index (κ2) is 5.18. The van der Waals surface area contributed by atoms with Crippen LogP contribution in [0.15, 0.2) is 23.1 Å². The monoisotopic (exact) mass is 284 g/mol. The van der Waals surface area contributed by atoms with E-state index in [2.05, 4.69) is 0 Å². The zero-order chi connectivity index (χ0) is 14.0. The first-order valence-electron chi connectivity index (χ1n) is 6.03. The summed E-state index contributed by atoms with van der Waals surface area (Å²) < 4.78 is 30.5. The highest BCUT2D eigenvalue weighted by Crippen LogP contribution is 2.31. The molecule has 0 aliphatic carbocycles. The number of ether oxygens (including phenoxy) is 1. The zero-order valence-corrected chi connectivity index (χ0v) is 11.4. The second-order valence-corrected chi connectivity index (χ2v) is 6.02. The first kappa shape index (κ1) is 13.8. The van der Waals surface area contributed by atoms with E-state index in [0.717, 1.165) is 4.31 Å². The average molecular weight is 284 g/mol. The second-order valence-electron chi connectivity index (χ2n) is 4.19. The Labute approximate surface area is 112 Å². The highest BCUT2D eigenvalue weighted by atomic mass is 32.2. The molecule has 0 saturated carbocycles. The number of nitrogens with two attached hydrogens (primary N) is 1. The minimum absolute atomic E-state index is 0.00564. The van der Waals surface area contributed by atoms with Crippen molar-refractivity contribution in [3.63, 3.8) is 0 Å². The van der Waals surface area contributed by atoms with E-state index in [4.69, 9.17) is 10.5 Å². The standard InChI is InChI=1S/C12H16N2O4S/c1-2-18-7-3-6-14-12(15)10-5-4-9(13)8-11(10)19(14,16)17/h4-5,8H,2-3,6-7,13H2,1H3. The Hall–Kier alpha value is -1.60. The van der Waals surface area contributed by atoms with Crippen molar-refractivity contribution in [3.8, 4) is 0 Å². The van der Waals surface area contributed by atoms with Gasteiger partial charge in [0, 0.05) is 25.4 Å². The molecule has 0 fully saturated rings. The first-order chi connectivity index (χ1) is 8.98. The number of hydrogen-bond acceptors (Lipinski definition) is 5. The van der Waals surface area contributed by atoms with E-state index >= 15 is 0 Å². The Morgan fingerprint density at radius 2 is 2.11 bits per heavy atom. The van der Waals surface area contributed by atoms with Crippen LogP contribution in [0.25, 0.3) is 0 Å². The van der Waals surface area contributed by atoms with E-state index in [1.807, 2.05) is 6.92 Å². The predicted octanol–water partition coefficient (Wildman–Crippen LogP) is 0.840. The highest BCUT2D eigenvalue weighted by molar-refractivity contribution is 7.90. The lowest BCUT2D eigenvalue weighted by Gasteiger charge is -2.14. The molecule has 1 aromatic rings. The molecule has 0 atom stereocenters. The Kier molecular flexibility index (Phi) is 3.77. The van der Waals surface area contributed by atoms with Gasteiger partial charge in [0.2, 0.25) is 0 Å². The Morgan fingerprint density at radius 1 is 1.37 bits per heavy atom. The van der Waals surface area contributed by atoms with Crippen LogP contribution in [0.3, 0.4) is 0 Å². The number of fused-ring (bicyclic) bond motifs is 1. The van der Waals surface area contributed by atoms with Crippen LogP contribution in [0, 0.1) is 0 Å². The van der Waals surface area contributed by atoms with Gasteiger partial charge in [0.05, 0.1) is 5.56 Å². The quantitative estimate of drug-likeness (QED) is 0.639. The molecule has 2 rings (SSSR count). The third-order valence-electron chi connectivity index (χ3n) is 2.88. The zero-order valence-electron chi connectivity index (χ0n) is 10.6. The van der Waals surface area contributed by atoms with Gasteiger partial charge >= 0.3 is 0 Å². The lowest BCUT2D eigenvalue weighted by molar-refractivity contribution is 0.0853. The van der Waals surface area contributed by atoms with E-state index in [9.17, 15) is 13.2 Å². The molecule has 0 saturated heterocycles. The van der Waals surface area contributed by atoms with Crippen LogP contribution in [0.4, 0.5) is 5.69 Å². The molecule has 0 spiro atoms. The van der Waals surface area contributed by atoms with Crippen molar-refractivity contribution in [1.82, 2.24) is 4.31 Å². The number of nitrogen functional groups attached to an aromatic ring is 1. The summed E-state index contributed by atoms with van der Waals surface area (Å²) >= 11 is 0. The minimum Gasteiger partial charge on any atom is -0.399 e. The average Bonchev–Trinajstić information content (AvgIpc) is 2.54. The van der Waals surface area contributed by atoms with Gasteiger partial charge in [-0.05, 0) is 31.5 Å². The maximum atomic E-state index is 12.2. The fourth-order valence-electron chi connectivity index (χ4n) is 1.97.